The molecule has 0 radical (unpaired) electrons. The lowest BCUT2D eigenvalue weighted by Crippen LogP contribution is -2.38. The number of carbonyl (C=O) groups is 1. The second-order valence-corrected chi connectivity index (χ2v) is 7.14. The number of aromatic nitrogens is 2. The molecule has 1 aliphatic rings. The summed E-state index contributed by atoms with van der Waals surface area (Å²) < 4.78 is 2.36. The van der Waals surface area contributed by atoms with Crippen LogP contribution in [0.5, 0.6) is 0 Å². The summed E-state index contributed by atoms with van der Waals surface area (Å²) in [5.74, 6) is 0.628. The molecule has 1 aliphatic heterocycles. The quantitative estimate of drug-likeness (QED) is 0.483. The van der Waals surface area contributed by atoms with Crippen LogP contribution >= 0.6 is 12.2 Å². The maximum absolute atomic E-state index is 13.5. The van der Waals surface area contributed by atoms with Gasteiger partial charge in [0, 0.05) is 25.4 Å². The fraction of sp³-hybridized carbons (Fsp3) is 0.400. The van der Waals surface area contributed by atoms with Gasteiger partial charge in [-0.2, -0.15) is 5.10 Å². The highest BCUT2D eigenvalue weighted by atomic mass is 32.1. The van der Waals surface area contributed by atoms with E-state index in [0.29, 0.717) is 10.5 Å². The average Bonchev–Trinajstić information content (AvgIpc) is 2.98. The minimum atomic E-state index is -0.520. The van der Waals surface area contributed by atoms with Crippen LogP contribution in [0, 0.1) is 11.6 Å². The smallest absolute Gasteiger partial charge is 0.250 e. The lowest BCUT2D eigenvalue weighted by atomic mass is 10.0. The molecular formula is C20H25N5OS. The first-order valence-corrected chi connectivity index (χ1v) is 9.67. The molecule has 27 heavy (non-hydrogen) atoms. The number of anilines is 1. The van der Waals surface area contributed by atoms with E-state index in [1.807, 2.05) is 42.2 Å². The van der Waals surface area contributed by atoms with Crippen LogP contribution in [0.1, 0.15) is 42.9 Å². The molecule has 142 valence electrons. The van der Waals surface area contributed by atoms with E-state index in [-0.39, 0.29) is 5.91 Å². The molecule has 1 fully saturated rings. The molecular weight excluding hydrogens is 358 g/mol. The fourth-order valence-electron chi connectivity index (χ4n) is 3.46. The Balaban J connectivity index is 2.06. The predicted octanol–water partition coefficient (Wildman–Crippen LogP) is 3.94. The molecule has 0 saturated carbocycles. The molecule has 1 saturated heterocycles. The standard InChI is InChI=1S/C20H25N5OS/c1-15-18(23-21-2)22-14-25(20(15)27)17(16-10-6-5-7-11-16)19(26)24-12-8-3-4-9-13-24/h5-7,10-11,14,17,23H,2-4,8-9,12-13H2,1H3. The minimum absolute atomic E-state index is 0.0722. The van der Waals surface area contributed by atoms with Crippen molar-refractivity contribution >= 4 is 30.7 Å². The summed E-state index contributed by atoms with van der Waals surface area (Å²) in [6.07, 6.45) is 6.06. The van der Waals surface area contributed by atoms with Gasteiger partial charge in [0.15, 0.2) is 5.82 Å². The number of hydrogen-bond acceptors (Lipinski definition) is 5. The Morgan fingerprint density at radius 1 is 1.22 bits per heavy atom. The summed E-state index contributed by atoms with van der Waals surface area (Å²) in [4.78, 5) is 19.9. The summed E-state index contributed by atoms with van der Waals surface area (Å²) in [5, 5.41) is 3.67. The molecule has 0 bridgehead atoms. The molecule has 6 nitrogen and oxygen atoms in total. The second-order valence-electron chi connectivity index (χ2n) is 6.75. The van der Waals surface area contributed by atoms with Crippen LogP contribution in [0.3, 0.4) is 0 Å². The minimum Gasteiger partial charge on any atom is -0.341 e. The van der Waals surface area contributed by atoms with Crippen LogP contribution in [0.4, 0.5) is 5.82 Å². The summed E-state index contributed by atoms with van der Waals surface area (Å²) in [6.45, 7) is 6.89. The highest BCUT2D eigenvalue weighted by Crippen LogP contribution is 2.25. The predicted molar refractivity (Wildman–Crippen MR) is 111 cm³/mol. The largest absolute Gasteiger partial charge is 0.341 e. The van der Waals surface area contributed by atoms with E-state index in [0.717, 1.165) is 37.1 Å². The van der Waals surface area contributed by atoms with E-state index in [9.17, 15) is 4.79 Å². The third kappa shape index (κ3) is 4.24. The topological polar surface area (TPSA) is 62.5 Å². The van der Waals surface area contributed by atoms with Crippen molar-refractivity contribution in [1.82, 2.24) is 14.5 Å². The fourth-order valence-corrected chi connectivity index (χ4v) is 3.71. The zero-order valence-electron chi connectivity index (χ0n) is 15.6. The van der Waals surface area contributed by atoms with Crippen molar-refractivity contribution in [2.75, 3.05) is 18.5 Å². The summed E-state index contributed by atoms with van der Waals surface area (Å²) in [5.41, 5.74) is 4.43. The molecule has 7 heteroatoms. The van der Waals surface area contributed by atoms with Gasteiger partial charge in [-0.3, -0.25) is 10.2 Å². The number of hydrogen-bond donors (Lipinski definition) is 1. The normalized spacial score (nSPS) is 15.7. The van der Waals surface area contributed by atoms with Gasteiger partial charge in [0.1, 0.15) is 10.7 Å². The first-order chi connectivity index (χ1) is 13.1. The maximum Gasteiger partial charge on any atom is 0.250 e. The number of rotatable bonds is 5. The molecule has 0 aliphatic carbocycles. The van der Waals surface area contributed by atoms with Gasteiger partial charge >= 0.3 is 0 Å². The molecule has 1 atom stereocenters. The van der Waals surface area contributed by atoms with Crippen molar-refractivity contribution in [1.29, 1.82) is 0 Å². The Morgan fingerprint density at radius 2 is 1.89 bits per heavy atom. The van der Waals surface area contributed by atoms with Crippen LogP contribution in [0.2, 0.25) is 0 Å². The number of likely N-dealkylation sites (tertiary alicyclic amines) is 1. The summed E-state index contributed by atoms with van der Waals surface area (Å²) >= 11 is 5.67. The number of amides is 1. The average molecular weight is 384 g/mol. The van der Waals surface area contributed by atoms with Gasteiger partial charge in [-0.15, -0.1) is 0 Å². The molecule has 0 spiro atoms. The Kier molecular flexibility index (Phi) is 6.34. The van der Waals surface area contributed by atoms with Crippen LogP contribution in [-0.4, -0.2) is 40.2 Å². The van der Waals surface area contributed by atoms with Crippen molar-refractivity contribution in [2.24, 2.45) is 5.10 Å². The van der Waals surface area contributed by atoms with Crippen LogP contribution in [0.25, 0.3) is 0 Å². The molecule has 2 heterocycles. The Bertz CT molecular complexity index is 856. The lowest BCUT2D eigenvalue weighted by molar-refractivity contribution is -0.133. The lowest BCUT2D eigenvalue weighted by Gasteiger charge is -2.28. The second kappa shape index (κ2) is 8.90. The van der Waals surface area contributed by atoms with E-state index in [4.69, 9.17) is 12.2 Å². The first-order valence-electron chi connectivity index (χ1n) is 9.26. The third-order valence-electron chi connectivity index (χ3n) is 4.95. The Labute approximate surface area is 164 Å². The van der Waals surface area contributed by atoms with Crippen LogP contribution in [0.15, 0.2) is 41.8 Å². The molecule has 1 aromatic heterocycles. The maximum atomic E-state index is 13.5. The van der Waals surface area contributed by atoms with Gasteiger partial charge in [0.2, 0.25) is 5.91 Å². The van der Waals surface area contributed by atoms with Crippen molar-refractivity contribution in [2.45, 2.75) is 38.6 Å². The summed E-state index contributed by atoms with van der Waals surface area (Å²) in [7, 11) is 0. The van der Waals surface area contributed by atoms with Gasteiger partial charge in [-0.05, 0) is 25.3 Å². The molecule has 1 unspecified atom stereocenters. The van der Waals surface area contributed by atoms with Crippen molar-refractivity contribution in [3.05, 3.63) is 52.4 Å². The Hall–Kier alpha value is -2.54. The van der Waals surface area contributed by atoms with E-state index in [2.05, 4.69) is 22.2 Å². The molecule has 2 aromatic rings. The number of benzene rings is 1. The van der Waals surface area contributed by atoms with Gasteiger partial charge in [-0.1, -0.05) is 55.4 Å². The van der Waals surface area contributed by atoms with Gasteiger partial charge in [0.05, 0.1) is 6.33 Å². The monoisotopic (exact) mass is 383 g/mol. The van der Waals surface area contributed by atoms with Crippen molar-refractivity contribution in [3.8, 4) is 0 Å². The zero-order chi connectivity index (χ0) is 19.2. The third-order valence-corrected chi connectivity index (χ3v) is 5.47. The SMILES string of the molecule is C=NNc1ncn(C(C(=O)N2CCCCCC2)c2ccccc2)c(=S)c1C. The van der Waals surface area contributed by atoms with Crippen molar-refractivity contribution < 1.29 is 4.79 Å². The van der Waals surface area contributed by atoms with E-state index < -0.39 is 6.04 Å². The van der Waals surface area contributed by atoms with E-state index in [1.165, 1.54) is 12.8 Å². The highest BCUT2D eigenvalue weighted by Gasteiger charge is 2.28. The molecule has 3 rings (SSSR count). The number of hydrazone groups is 1. The number of nitrogens with zero attached hydrogens (tertiary/aromatic N) is 4. The molecule has 1 aromatic carbocycles. The highest BCUT2D eigenvalue weighted by molar-refractivity contribution is 7.71. The molecule has 1 N–H and O–H groups in total. The first kappa shape index (κ1) is 19.2. The number of carbonyl (C=O) groups excluding carboxylic acids is 1. The van der Waals surface area contributed by atoms with Gasteiger partial charge in [-0.25, -0.2) is 4.98 Å². The van der Waals surface area contributed by atoms with Crippen molar-refractivity contribution in [3.63, 3.8) is 0 Å². The van der Waals surface area contributed by atoms with Crippen LogP contribution in [-0.2, 0) is 4.79 Å². The van der Waals surface area contributed by atoms with E-state index in [1.54, 1.807) is 10.9 Å². The number of nitrogens with one attached hydrogen (secondary N) is 1. The zero-order valence-corrected chi connectivity index (χ0v) is 16.4. The Morgan fingerprint density at radius 3 is 2.52 bits per heavy atom. The van der Waals surface area contributed by atoms with Gasteiger partial charge in [0.25, 0.3) is 0 Å². The van der Waals surface area contributed by atoms with Crippen LogP contribution < -0.4 is 5.43 Å². The molecule has 1 amide bonds. The van der Waals surface area contributed by atoms with E-state index >= 15 is 0 Å². The summed E-state index contributed by atoms with van der Waals surface area (Å²) in [6, 6.07) is 9.25. The van der Waals surface area contributed by atoms with Gasteiger partial charge < -0.3 is 9.47 Å².